The summed E-state index contributed by atoms with van der Waals surface area (Å²) >= 11 is 5.10. The zero-order chi connectivity index (χ0) is 11.4. The number of aromatic nitrogens is 2. The van der Waals surface area contributed by atoms with Gasteiger partial charge in [-0.05, 0) is 22.0 Å². The minimum Gasteiger partial charge on any atom is -0.481 e. The molecular weight excluding hydrogens is 290 g/mol. The summed E-state index contributed by atoms with van der Waals surface area (Å²) < 4.78 is 6.11. The first-order valence-electron chi connectivity index (χ1n) is 4.62. The number of nitrogens with zero attached hydrogens (tertiary/aromatic N) is 2. The number of hydrogen-bond acceptors (Lipinski definition) is 5. The quantitative estimate of drug-likeness (QED) is 0.943. The third-order valence-electron chi connectivity index (χ3n) is 1.88. The molecule has 0 aromatic carbocycles. The SMILES string of the molecule is COc1ccnc(NCc2cc(Br)cs2)n1. The van der Waals surface area contributed by atoms with E-state index >= 15 is 0 Å². The Balaban J connectivity index is 1.99. The van der Waals surface area contributed by atoms with Gasteiger partial charge < -0.3 is 10.1 Å². The van der Waals surface area contributed by atoms with Crippen molar-refractivity contribution in [2.45, 2.75) is 6.54 Å². The van der Waals surface area contributed by atoms with Gasteiger partial charge in [0.2, 0.25) is 11.8 Å². The molecule has 0 bridgehead atoms. The number of methoxy groups -OCH3 is 1. The smallest absolute Gasteiger partial charge is 0.226 e. The first-order chi connectivity index (χ1) is 7.78. The molecule has 2 heterocycles. The Morgan fingerprint density at radius 2 is 2.44 bits per heavy atom. The third kappa shape index (κ3) is 2.93. The van der Waals surface area contributed by atoms with E-state index in [0.29, 0.717) is 18.4 Å². The minimum absolute atomic E-state index is 0.560. The third-order valence-corrected chi connectivity index (χ3v) is 3.58. The van der Waals surface area contributed by atoms with Crippen LogP contribution in [-0.4, -0.2) is 17.1 Å². The lowest BCUT2D eigenvalue weighted by atomic mass is 10.5. The Labute approximate surface area is 106 Å². The topological polar surface area (TPSA) is 47.0 Å². The van der Waals surface area contributed by atoms with E-state index in [1.807, 2.05) is 5.38 Å². The number of rotatable bonds is 4. The van der Waals surface area contributed by atoms with Crippen molar-refractivity contribution >= 4 is 33.2 Å². The van der Waals surface area contributed by atoms with Gasteiger partial charge in [0.15, 0.2) is 0 Å². The maximum absolute atomic E-state index is 5.01. The highest BCUT2D eigenvalue weighted by Gasteiger charge is 2.00. The monoisotopic (exact) mass is 299 g/mol. The van der Waals surface area contributed by atoms with Crippen molar-refractivity contribution in [3.8, 4) is 5.88 Å². The van der Waals surface area contributed by atoms with Gasteiger partial charge in [-0.15, -0.1) is 11.3 Å². The molecule has 1 N–H and O–H groups in total. The van der Waals surface area contributed by atoms with Crippen LogP contribution in [0.1, 0.15) is 4.88 Å². The summed E-state index contributed by atoms with van der Waals surface area (Å²) in [6, 6.07) is 3.78. The molecule has 0 aliphatic rings. The van der Waals surface area contributed by atoms with Crippen molar-refractivity contribution in [3.63, 3.8) is 0 Å². The van der Waals surface area contributed by atoms with Gasteiger partial charge in [0.05, 0.1) is 13.7 Å². The molecule has 0 radical (unpaired) electrons. The van der Waals surface area contributed by atoms with E-state index in [0.717, 1.165) is 4.47 Å². The van der Waals surface area contributed by atoms with E-state index in [1.165, 1.54) is 4.88 Å². The molecule has 4 nitrogen and oxygen atoms in total. The highest BCUT2D eigenvalue weighted by atomic mass is 79.9. The second-order valence-electron chi connectivity index (χ2n) is 3.01. The molecule has 0 spiro atoms. The molecule has 0 saturated heterocycles. The lowest BCUT2D eigenvalue weighted by molar-refractivity contribution is 0.397. The predicted molar refractivity (Wildman–Crippen MR) is 67.9 cm³/mol. The predicted octanol–water partition coefficient (Wildman–Crippen LogP) is 2.92. The molecule has 16 heavy (non-hydrogen) atoms. The van der Waals surface area contributed by atoms with Crippen LogP contribution in [0.25, 0.3) is 0 Å². The minimum atomic E-state index is 0.560. The lowest BCUT2D eigenvalue weighted by Gasteiger charge is -2.03. The molecule has 0 amide bonds. The number of halogens is 1. The normalized spacial score (nSPS) is 10.1. The Hall–Kier alpha value is -1.14. The van der Waals surface area contributed by atoms with Crippen molar-refractivity contribution in [2.75, 3.05) is 12.4 Å². The molecule has 0 fully saturated rings. The second kappa shape index (κ2) is 5.27. The molecule has 0 atom stereocenters. The molecule has 6 heteroatoms. The van der Waals surface area contributed by atoms with Crippen molar-refractivity contribution in [2.24, 2.45) is 0 Å². The average Bonchev–Trinajstić information content (AvgIpc) is 2.73. The standard InChI is InChI=1S/C10H10BrN3OS/c1-15-9-2-3-12-10(14-9)13-5-8-4-7(11)6-16-8/h2-4,6H,5H2,1H3,(H,12,13,14). The van der Waals surface area contributed by atoms with Gasteiger partial charge in [-0.1, -0.05) is 0 Å². The number of ether oxygens (including phenoxy) is 1. The fourth-order valence-electron chi connectivity index (χ4n) is 1.15. The van der Waals surface area contributed by atoms with E-state index in [9.17, 15) is 0 Å². The van der Waals surface area contributed by atoms with Crippen molar-refractivity contribution < 1.29 is 4.74 Å². The Morgan fingerprint density at radius 1 is 1.56 bits per heavy atom. The summed E-state index contributed by atoms with van der Waals surface area (Å²) in [6.07, 6.45) is 1.67. The zero-order valence-electron chi connectivity index (χ0n) is 8.61. The average molecular weight is 300 g/mol. The summed E-state index contributed by atoms with van der Waals surface area (Å²) in [5.41, 5.74) is 0. The van der Waals surface area contributed by atoms with E-state index in [2.05, 4.69) is 37.3 Å². The Kier molecular flexibility index (Phi) is 3.74. The zero-order valence-corrected chi connectivity index (χ0v) is 11.0. The summed E-state index contributed by atoms with van der Waals surface area (Å²) in [6.45, 7) is 0.712. The molecular formula is C10H10BrN3OS. The summed E-state index contributed by atoms with van der Waals surface area (Å²) in [4.78, 5) is 9.48. The van der Waals surface area contributed by atoms with Gasteiger partial charge >= 0.3 is 0 Å². The first kappa shape index (κ1) is 11.3. The highest BCUT2D eigenvalue weighted by molar-refractivity contribution is 9.10. The molecule has 0 aliphatic heterocycles. The van der Waals surface area contributed by atoms with Crippen LogP contribution in [0.3, 0.4) is 0 Å². The number of thiophene rings is 1. The Morgan fingerprint density at radius 3 is 3.12 bits per heavy atom. The lowest BCUT2D eigenvalue weighted by Crippen LogP contribution is -2.02. The van der Waals surface area contributed by atoms with Gasteiger partial charge in [-0.3, -0.25) is 0 Å². The van der Waals surface area contributed by atoms with Gasteiger partial charge in [0, 0.05) is 27.0 Å². The summed E-state index contributed by atoms with van der Waals surface area (Å²) in [5.74, 6) is 1.13. The van der Waals surface area contributed by atoms with E-state index in [4.69, 9.17) is 4.74 Å². The van der Waals surface area contributed by atoms with Crippen LogP contribution in [0, 0.1) is 0 Å². The van der Waals surface area contributed by atoms with Crippen LogP contribution in [-0.2, 0) is 6.54 Å². The van der Waals surface area contributed by atoms with Crippen LogP contribution in [0.5, 0.6) is 5.88 Å². The maximum atomic E-state index is 5.01. The van der Waals surface area contributed by atoms with Gasteiger partial charge in [-0.2, -0.15) is 4.98 Å². The van der Waals surface area contributed by atoms with Gasteiger partial charge in [0.1, 0.15) is 0 Å². The van der Waals surface area contributed by atoms with Gasteiger partial charge in [-0.25, -0.2) is 4.98 Å². The first-order valence-corrected chi connectivity index (χ1v) is 6.29. The van der Waals surface area contributed by atoms with Crippen LogP contribution < -0.4 is 10.1 Å². The second-order valence-corrected chi connectivity index (χ2v) is 4.92. The summed E-state index contributed by atoms with van der Waals surface area (Å²) in [5, 5.41) is 5.18. The molecule has 84 valence electrons. The van der Waals surface area contributed by atoms with Crippen LogP contribution in [0.2, 0.25) is 0 Å². The van der Waals surface area contributed by atoms with Crippen LogP contribution in [0.4, 0.5) is 5.95 Å². The molecule has 2 rings (SSSR count). The number of anilines is 1. The van der Waals surface area contributed by atoms with E-state index < -0.39 is 0 Å². The summed E-state index contributed by atoms with van der Waals surface area (Å²) in [7, 11) is 1.59. The fourth-order valence-corrected chi connectivity index (χ4v) is 2.54. The molecule has 2 aromatic rings. The highest BCUT2D eigenvalue weighted by Crippen LogP contribution is 2.20. The number of hydrogen-bond donors (Lipinski definition) is 1. The van der Waals surface area contributed by atoms with E-state index in [-0.39, 0.29) is 0 Å². The van der Waals surface area contributed by atoms with Crippen LogP contribution >= 0.6 is 27.3 Å². The Bertz CT molecular complexity index is 475. The van der Waals surface area contributed by atoms with Crippen molar-refractivity contribution in [1.29, 1.82) is 0 Å². The maximum Gasteiger partial charge on any atom is 0.226 e. The molecule has 0 aliphatic carbocycles. The van der Waals surface area contributed by atoms with Crippen molar-refractivity contribution in [1.82, 2.24) is 9.97 Å². The van der Waals surface area contributed by atoms with Gasteiger partial charge in [0.25, 0.3) is 0 Å². The molecule has 0 unspecified atom stereocenters. The fraction of sp³-hybridized carbons (Fsp3) is 0.200. The van der Waals surface area contributed by atoms with Crippen LogP contribution in [0.15, 0.2) is 28.2 Å². The molecule has 0 saturated carbocycles. The largest absolute Gasteiger partial charge is 0.481 e. The van der Waals surface area contributed by atoms with Crippen molar-refractivity contribution in [3.05, 3.63) is 33.1 Å². The molecule has 2 aromatic heterocycles. The number of nitrogens with one attached hydrogen (secondary N) is 1. The van der Waals surface area contributed by atoms with E-state index in [1.54, 1.807) is 30.7 Å².